The highest BCUT2D eigenvalue weighted by atomic mass is 16.5. The molecule has 0 radical (unpaired) electrons. The minimum Gasteiger partial charge on any atom is -0.493 e. The largest absolute Gasteiger partial charge is 0.493 e. The zero-order chi connectivity index (χ0) is 36.9. The van der Waals surface area contributed by atoms with Crippen LogP contribution in [0.1, 0.15) is 40.8 Å². The summed E-state index contributed by atoms with van der Waals surface area (Å²) in [7, 11) is 1.95. The van der Waals surface area contributed by atoms with Gasteiger partial charge in [-0.15, -0.1) is 0 Å². The molecule has 0 atom stereocenters. The number of carbonyl (C=O) groups excluding carboxylic acids is 1. The van der Waals surface area contributed by atoms with E-state index in [0.717, 1.165) is 93.2 Å². The maximum absolute atomic E-state index is 13.9. The number of nitrogens with zero attached hydrogens (tertiary/aromatic N) is 4. The Morgan fingerprint density at radius 2 is 1.67 bits per heavy atom. The molecule has 1 saturated heterocycles. The Kier molecular flexibility index (Phi) is 10.6. The predicted octanol–water partition coefficient (Wildman–Crippen LogP) is 7.89. The number of benzene rings is 4. The second kappa shape index (κ2) is 16.2. The molecule has 8 rings (SSSR count). The normalized spacial score (nSPS) is 14.5. The Balaban J connectivity index is 1.14. The fourth-order valence-electron chi connectivity index (χ4n) is 7.70. The number of morpholine rings is 1. The standard InChI is InChI=1S/C44H46N4O6/c1-3-52-44(49)43-36(16-10-26-53-40-17-8-12-31-11-4-5-13-34(31)40)35-14-9-15-37-41-38(29-54-33-20-18-32(19-21-33)47-23-27-50-28-24-47)45-46(2)39(41)30-51-25-7-6-22-48(43)42(35)37/h4-9,11-15,17-21H,3,10,16,22-30H2,1-2H3. The molecule has 2 aliphatic heterocycles. The fourth-order valence-corrected chi connectivity index (χ4v) is 7.70. The molecule has 10 heteroatoms. The second-order valence-corrected chi connectivity index (χ2v) is 13.5. The number of anilines is 1. The minimum absolute atomic E-state index is 0.262. The first-order chi connectivity index (χ1) is 26.6. The van der Waals surface area contributed by atoms with Gasteiger partial charge in [-0.3, -0.25) is 4.68 Å². The highest BCUT2D eigenvalue weighted by Crippen LogP contribution is 2.39. The summed E-state index contributed by atoms with van der Waals surface area (Å²) in [6.45, 7) is 7.41. The van der Waals surface area contributed by atoms with Gasteiger partial charge in [-0.25, -0.2) is 4.79 Å². The average Bonchev–Trinajstić information content (AvgIpc) is 3.69. The van der Waals surface area contributed by atoms with Gasteiger partial charge < -0.3 is 33.2 Å². The molecule has 0 bridgehead atoms. The average molecular weight is 727 g/mol. The van der Waals surface area contributed by atoms with Gasteiger partial charge in [0, 0.05) is 54.3 Å². The van der Waals surface area contributed by atoms with Crippen molar-refractivity contribution < 1.29 is 28.5 Å². The number of carbonyl (C=O) groups is 1. The van der Waals surface area contributed by atoms with E-state index in [2.05, 4.69) is 64.1 Å². The van der Waals surface area contributed by atoms with Crippen LogP contribution in [0.15, 0.2) is 97.1 Å². The third-order valence-corrected chi connectivity index (χ3v) is 10.2. The lowest BCUT2D eigenvalue weighted by Crippen LogP contribution is -2.36. The topological polar surface area (TPSA) is 89.2 Å². The Bertz CT molecular complexity index is 2280. The number of aryl methyl sites for hydroxylation is 2. The van der Waals surface area contributed by atoms with Crippen molar-refractivity contribution in [2.75, 3.05) is 51.0 Å². The third-order valence-electron chi connectivity index (χ3n) is 10.2. The Morgan fingerprint density at radius 3 is 2.52 bits per heavy atom. The Morgan fingerprint density at radius 1 is 0.870 bits per heavy atom. The van der Waals surface area contributed by atoms with Crippen molar-refractivity contribution in [1.82, 2.24) is 14.3 Å². The first kappa shape index (κ1) is 35.4. The van der Waals surface area contributed by atoms with Crippen molar-refractivity contribution in [3.63, 3.8) is 0 Å². The molecule has 0 unspecified atom stereocenters. The molecular formula is C44H46N4O6. The summed E-state index contributed by atoms with van der Waals surface area (Å²) in [6, 6.07) is 28.9. The van der Waals surface area contributed by atoms with E-state index in [-0.39, 0.29) is 19.2 Å². The van der Waals surface area contributed by atoms with E-state index < -0.39 is 0 Å². The summed E-state index contributed by atoms with van der Waals surface area (Å²) in [5, 5.41) is 8.22. The Labute approximate surface area is 315 Å². The molecule has 54 heavy (non-hydrogen) atoms. The van der Waals surface area contributed by atoms with E-state index in [1.807, 2.05) is 61.1 Å². The lowest BCUT2D eigenvalue weighted by atomic mass is 9.98. The number of allylic oxidation sites excluding steroid dienone is 1. The summed E-state index contributed by atoms with van der Waals surface area (Å²) in [5.41, 5.74) is 7.30. The molecule has 0 spiro atoms. The molecule has 10 nitrogen and oxygen atoms in total. The minimum atomic E-state index is -0.334. The summed E-state index contributed by atoms with van der Waals surface area (Å²) in [5.74, 6) is 1.29. The molecule has 0 N–H and O–H groups in total. The first-order valence-corrected chi connectivity index (χ1v) is 18.9. The number of hydrogen-bond acceptors (Lipinski definition) is 8. The van der Waals surface area contributed by atoms with E-state index >= 15 is 0 Å². The van der Waals surface area contributed by atoms with Crippen LogP contribution in [0, 0.1) is 0 Å². The number of esters is 1. The number of hydrogen-bond donors (Lipinski definition) is 0. The predicted molar refractivity (Wildman–Crippen MR) is 210 cm³/mol. The maximum Gasteiger partial charge on any atom is 0.355 e. The van der Waals surface area contributed by atoms with E-state index in [0.29, 0.717) is 44.9 Å². The highest BCUT2D eigenvalue weighted by molar-refractivity contribution is 6.05. The van der Waals surface area contributed by atoms with Crippen LogP contribution in [-0.4, -0.2) is 66.4 Å². The zero-order valence-corrected chi connectivity index (χ0v) is 31.0. The number of fused-ring (bicyclic) bond motifs is 3. The van der Waals surface area contributed by atoms with Crippen molar-refractivity contribution in [3.8, 4) is 22.6 Å². The summed E-state index contributed by atoms with van der Waals surface area (Å²) < 4.78 is 34.1. The summed E-state index contributed by atoms with van der Waals surface area (Å²) >= 11 is 0. The Hall–Kier alpha value is -5.58. The number of rotatable bonds is 11. The lowest BCUT2D eigenvalue weighted by Gasteiger charge is -2.28. The van der Waals surface area contributed by atoms with Crippen molar-refractivity contribution in [1.29, 1.82) is 0 Å². The fraction of sp³-hybridized carbons (Fsp3) is 0.318. The van der Waals surface area contributed by atoms with E-state index in [9.17, 15) is 4.79 Å². The van der Waals surface area contributed by atoms with Crippen LogP contribution in [0.3, 0.4) is 0 Å². The van der Waals surface area contributed by atoms with Gasteiger partial charge >= 0.3 is 5.97 Å². The van der Waals surface area contributed by atoms with Crippen molar-refractivity contribution in [3.05, 3.63) is 120 Å². The van der Waals surface area contributed by atoms with Crippen molar-refractivity contribution in [2.45, 2.75) is 39.5 Å². The van der Waals surface area contributed by atoms with E-state index in [4.69, 9.17) is 28.8 Å². The highest BCUT2D eigenvalue weighted by Gasteiger charge is 2.28. The molecule has 1 fully saturated rings. The lowest BCUT2D eigenvalue weighted by molar-refractivity contribution is 0.0513. The van der Waals surface area contributed by atoms with Crippen LogP contribution in [0.25, 0.3) is 32.8 Å². The number of aromatic nitrogens is 3. The maximum atomic E-state index is 13.9. The molecule has 4 heterocycles. The molecule has 6 aromatic rings. The van der Waals surface area contributed by atoms with Crippen LogP contribution in [0.5, 0.6) is 11.5 Å². The van der Waals surface area contributed by atoms with Gasteiger partial charge in [-0.1, -0.05) is 66.7 Å². The van der Waals surface area contributed by atoms with Crippen LogP contribution < -0.4 is 14.4 Å². The van der Waals surface area contributed by atoms with Gasteiger partial charge in [0.15, 0.2) is 0 Å². The van der Waals surface area contributed by atoms with Gasteiger partial charge in [0.1, 0.15) is 29.5 Å². The van der Waals surface area contributed by atoms with E-state index in [1.54, 1.807) is 0 Å². The van der Waals surface area contributed by atoms with Crippen molar-refractivity contribution in [2.24, 2.45) is 7.05 Å². The summed E-state index contributed by atoms with van der Waals surface area (Å²) in [6.07, 6.45) is 5.41. The van der Waals surface area contributed by atoms with Gasteiger partial charge in [-0.2, -0.15) is 5.10 Å². The van der Waals surface area contributed by atoms with Crippen LogP contribution in [0.2, 0.25) is 0 Å². The molecule has 4 aromatic carbocycles. The quantitative estimate of drug-likeness (QED) is 0.0757. The molecule has 0 saturated carbocycles. The van der Waals surface area contributed by atoms with E-state index in [1.165, 1.54) is 0 Å². The van der Waals surface area contributed by atoms with Crippen LogP contribution in [-0.2, 0) is 47.4 Å². The molecule has 2 aliphatic rings. The van der Waals surface area contributed by atoms with Gasteiger partial charge in [-0.05, 0) is 61.0 Å². The smallest absolute Gasteiger partial charge is 0.355 e. The molecule has 0 aliphatic carbocycles. The molecule has 2 aromatic heterocycles. The monoisotopic (exact) mass is 726 g/mol. The molecule has 0 amide bonds. The van der Waals surface area contributed by atoms with Crippen molar-refractivity contribution >= 4 is 33.3 Å². The number of para-hydroxylation sites is 1. The SMILES string of the molecule is CCOC(=O)c1c(CCCOc2cccc3ccccc23)c2cccc3c2n1CC=CCOCc1c-3c(COc2ccc(N3CCOCC3)cc2)nn1C. The van der Waals surface area contributed by atoms with Crippen LogP contribution in [0.4, 0.5) is 5.69 Å². The molecule has 278 valence electrons. The van der Waals surface area contributed by atoms with Gasteiger partial charge in [0.2, 0.25) is 0 Å². The third kappa shape index (κ3) is 7.19. The first-order valence-electron chi connectivity index (χ1n) is 18.9. The second-order valence-electron chi connectivity index (χ2n) is 13.5. The zero-order valence-electron chi connectivity index (χ0n) is 31.0. The van der Waals surface area contributed by atoms with Gasteiger partial charge in [0.05, 0.1) is 50.9 Å². The number of ether oxygens (including phenoxy) is 5. The van der Waals surface area contributed by atoms with Crippen LogP contribution >= 0.6 is 0 Å². The van der Waals surface area contributed by atoms with Gasteiger partial charge in [0.25, 0.3) is 0 Å². The molecular weight excluding hydrogens is 681 g/mol. The summed E-state index contributed by atoms with van der Waals surface area (Å²) in [4.78, 5) is 16.2.